The third kappa shape index (κ3) is 2.51. The minimum atomic E-state index is -1.89. The summed E-state index contributed by atoms with van der Waals surface area (Å²) in [6.45, 7) is 4.05. The molecule has 0 spiro atoms. The van der Waals surface area contributed by atoms with E-state index in [9.17, 15) is 24.6 Å². The lowest BCUT2D eigenvalue weighted by molar-refractivity contribution is -0.236. The van der Waals surface area contributed by atoms with E-state index in [1.54, 1.807) is 13.0 Å². The molecule has 166 valence electrons. The highest BCUT2D eigenvalue weighted by atomic mass is 19.1. The summed E-state index contributed by atoms with van der Waals surface area (Å²) in [7, 11) is 0. The molecule has 0 unspecified atom stereocenters. The maximum absolute atomic E-state index is 17.4. The summed E-state index contributed by atoms with van der Waals surface area (Å²) >= 11 is 0. The molecule has 0 aliphatic heterocycles. The Labute approximate surface area is 175 Å². The number of aliphatic hydroxyl groups excluding tert-OH is 1. The Hall–Kier alpha value is -1.60. The van der Waals surface area contributed by atoms with E-state index in [0.29, 0.717) is 25.7 Å². The molecule has 0 aromatic heterocycles. The molecule has 7 heteroatoms. The van der Waals surface area contributed by atoms with Crippen LogP contribution in [0, 0.1) is 22.7 Å². The van der Waals surface area contributed by atoms with Crippen LogP contribution in [0.15, 0.2) is 11.6 Å². The van der Waals surface area contributed by atoms with Crippen molar-refractivity contribution in [3.05, 3.63) is 11.6 Å². The van der Waals surface area contributed by atoms with Crippen molar-refractivity contribution < 1.29 is 33.7 Å². The van der Waals surface area contributed by atoms with Crippen LogP contribution >= 0.6 is 0 Å². The van der Waals surface area contributed by atoms with Gasteiger partial charge in [-0.1, -0.05) is 19.4 Å². The van der Waals surface area contributed by atoms with Gasteiger partial charge >= 0.3 is 5.97 Å². The van der Waals surface area contributed by atoms with Gasteiger partial charge in [-0.25, -0.2) is 4.39 Å². The second-order valence-corrected chi connectivity index (χ2v) is 10.2. The molecule has 2 N–H and O–H groups in total. The van der Waals surface area contributed by atoms with Crippen molar-refractivity contribution in [3.8, 4) is 0 Å². The predicted molar refractivity (Wildman–Crippen MR) is 105 cm³/mol. The minimum absolute atomic E-state index is 0.00186. The van der Waals surface area contributed by atoms with Crippen LogP contribution in [0.25, 0.3) is 0 Å². The number of fused-ring (bicyclic) bond motifs is 5. The topological polar surface area (TPSA) is 101 Å². The van der Waals surface area contributed by atoms with Crippen LogP contribution in [0.4, 0.5) is 4.39 Å². The summed E-state index contributed by atoms with van der Waals surface area (Å²) in [6, 6.07) is 0. The first kappa shape index (κ1) is 21.6. The zero-order valence-electron chi connectivity index (χ0n) is 17.9. The fourth-order valence-electron chi connectivity index (χ4n) is 7.45. The quantitative estimate of drug-likeness (QED) is 0.678. The minimum Gasteiger partial charge on any atom is -0.459 e. The smallest absolute Gasteiger partial charge is 0.303 e. The summed E-state index contributed by atoms with van der Waals surface area (Å²) in [6.07, 6.45) is 2.70. The molecule has 7 atom stereocenters. The monoisotopic (exact) mass is 422 g/mol. The Morgan fingerprint density at radius 3 is 2.53 bits per heavy atom. The van der Waals surface area contributed by atoms with Gasteiger partial charge in [-0.2, -0.15) is 0 Å². The van der Waals surface area contributed by atoms with E-state index in [1.165, 1.54) is 6.92 Å². The Kier molecular flexibility index (Phi) is 4.83. The van der Waals surface area contributed by atoms with Crippen LogP contribution in [0.2, 0.25) is 0 Å². The molecule has 4 rings (SSSR count). The summed E-state index contributed by atoms with van der Waals surface area (Å²) in [5.74, 6) is -2.08. The standard InChI is InChI=1S/C23H31FO6/c1-13(26)30-19-11-21(3)16(7-9-22(21,29)18(28)12-25)17-5-4-14-10-15(27)6-8-20(14,2)23(17,19)24/h10,16-17,19,25,29H,4-9,11-12H2,1-3H3/t16-,17-,19-,20-,21-,22-,23-/m0/s1. The molecule has 0 heterocycles. The summed E-state index contributed by atoms with van der Waals surface area (Å²) in [5, 5.41) is 20.8. The van der Waals surface area contributed by atoms with Crippen molar-refractivity contribution in [1.29, 1.82) is 0 Å². The normalized spacial score (nSPS) is 47.6. The zero-order chi connectivity index (χ0) is 22.1. The third-order valence-corrected chi connectivity index (χ3v) is 9.08. The average molecular weight is 422 g/mol. The van der Waals surface area contributed by atoms with Gasteiger partial charge in [0.15, 0.2) is 17.2 Å². The van der Waals surface area contributed by atoms with E-state index in [0.717, 1.165) is 5.57 Å². The van der Waals surface area contributed by atoms with E-state index in [2.05, 4.69) is 0 Å². The number of alkyl halides is 1. The molecule has 4 aliphatic carbocycles. The predicted octanol–water partition coefficient (Wildman–Crippen LogP) is 2.44. The van der Waals surface area contributed by atoms with Crippen LogP contribution in [-0.4, -0.2) is 51.7 Å². The molecule has 4 aliphatic rings. The van der Waals surface area contributed by atoms with Crippen LogP contribution in [0.1, 0.15) is 65.7 Å². The summed E-state index contributed by atoms with van der Waals surface area (Å²) < 4.78 is 23.0. The lowest BCUT2D eigenvalue weighted by Gasteiger charge is -2.63. The van der Waals surface area contributed by atoms with Crippen LogP contribution in [0.5, 0.6) is 0 Å². The number of carbonyl (C=O) groups is 3. The van der Waals surface area contributed by atoms with Gasteiger partial charge in [-0.05, 0) is 50.5 Å². The van der Waals surface area contributed by atoms with Gasteiger partial charge in [0.05, 0.1) is 0 Å². The number of ketones is 2. The highest BCUT2D eigenvalue weighted by molar-refractivity contribution is 5.92. The number of allylic oxidation sites excluding steroid dienone is 1. The largest absolute Gasteiger partial charge is 0.459 e. The number of hydrogen-bond acceptors (Lipinski definition) is 6. The third-order valence-electron chi connectivity index (χ3n) is 9.08. The maximum Gasteiger partial charge on any atom is 0.303 e. The Balaban J connectivity index is 1.86. The molecule has 0 bridgehead atoms. The molecule has 3 saturated carbocycles. The Bertz CT molecular complexity index is 838. The number of halogens is 1. The molecule has 3 fully saturated rings. The van der Waals surface area contributed by atoms with Crippen LogP contribution in [-0.2, 0) is 19.1 Å². The van der Waals surface area contributed by atoms with E-state index in [4.69, 9.17) is 4.74 Å². The van der Waals surface area contributed by atoms with Crippen molar-refractivity contribution in [2.45, 2.75) is 83.1 Å². The highest BCUT2D eigenvalue weighted by Gasteiger charge is 2.75. The molecular formula is C23H31FO6. The van der Waals surface area contributed by atoms with Crippen molar-refractivity contribution in [2.24, 2.45) is 22.7 Å². The van der Waals surface area contributed by atoms with Gasteiger partial charge in [0.2, 0.25) is 0 Å². The lowest BCUT2D eigenvalue weighted by atomic mass is 9.43. The Morgan fingerprint density at radius 1 is 1.20 bits per heavy atom. The van der Waals surface area contributed by atoms with E-state index in [-0.39, 0.29) is 31.0 Å². The van der Waals surface area contributed by atoms with Crippen molar-refractivity contribution >= 4 is 17.5 Å². The molecule has 30 heavy (non-hydrogen) atoms. The zero-order valence-corrected chi connectivity index (χ0v) is 17.9. The molecule has 0 radical (unpaired) electrons. The SMILES string of the molecule is CC(=O)O[C@H]1C[C@@]2(C)[C@@H](CC[C@]2(O)C(=O)CO)[C@@H]2CCC3=CC(=O)CC[C@]3(C)[C@@]12F. The first-order valence-electron chi connectivity index (χ1n) is 10.9. The van der Waals surface area contributed by atoms with Crippen molar-refractivity contribution in [1.82, 2.24) is 0 Å². The van der Waals surface area contributed by atoms with Gasteiger partial charge in [0.1, 0.15) is 18.3 Å². The maximum atomic E-state index is 17.4. The van der Waals surface area contributed by atoms with Crippen LogP contribution in [0.3, 0.4) is 0 Å². The molecular weight excluding hydrogens is 391 g/mol. The second kappa shape index (κ2) is 6.70. The molecule has 0 saturated heterocycles. The average Bonchev–Trinajstić information content (AvgIpc) is 2.94. The number of Topliss-reactive ketones (excluding diaryl/α,β-unsaturated/α-hetero) is 1. The fraction of sp³-hybridized carbons (Fsp3) is 0.783. The Morgan fingerprint density at radius 2 is 1.90 bits per heavy atom. The van der Waals surface area contributed by atoms with Crippen molar-refractivity contribution in [2.75, 3.05) is 6.61 Å². The lowest BCUT2D eigenvalue weighted by Crippen LogP contribution is -2.70. The number of carbonyl (C=O) groups excluding carboxylic acids is 3. The van der Waals surface area contributed by atoms with Gasteiger partial charge in [-0.15, -0.1) is 0 Å². The second-order valence-electron chi connectivity index (χ2n) is 10.2. The number of esters is 1. The first-order chi connectivity index (χ1) is 13.9. The van der Waals surface area contributed by atoms with E-state index >= 15 is 4.39 Å². The number of aliphatic hydroxyl groups is 2. The van der Waals surface area contributed by atoms with Gasteiger partial charge < -0.3 is 14.9 Å². The highest BCUT2D eigenvalue weighted by Crippen LogP contribution is 2.70. The van der Waals surface area contributed by atoms with Crippen LogP contribution < -0.4 is 0 Å². The number of ether oxygens (including phenoxy) is 1. The molecule has 0 aromatic rings. The number of rotatable bonds is 3. The summed E-state index contributed by atoms with van der Waals surface area (Å²) in [4.78, 5) is 36.5. The molecule has 0 aromatic carbocycles. The van der Waals surface area contributed by atoms with E-state index in [1.807, 2.05) is 6.92 Å². The van der Waals surface area contributed by atoms with Gasteiger partial charge in [-0.3, -0.25) is 14.4 Å². The number of hydrogen-bond donors (Lipinski definition) is 2. The van der Waals surface area contributed by atoms with E-state index < -0.39 is 52.5 Å². The summed E-state index contributed by atoms with van der Waals surface area (Å²) in [5.41, 5.74) is -4.83. The molecule has 6 nitrogen and oxygen atoms in total. The van der Waals surface area contributed by atoms with Crippen molar-refractivity contribution in [3.63, 3.8) is 0 Å². The fourth-order valence-corrected chi connectivity index (χ4v) is 7.45. The van der Waals surface area contributed by atoms with Gasteiger partial charge in [0.25, 0.3) is 0 Å². The first-order valence-corrected chi connectivity index (χ1v) is 10.9. The molecule has 0 amide bonds. The van der Waals surface area contributed by atoms with Gasteiger partial charge in [0, 0.05) is 30.1 Å².